The second-order valence-electron chi connectivity index (χ2n) is 4.19. The van der Waals surface area contributed by atoms with E-state index in [0.29, 0.717) is 0 Å². The van der Waals surface area contributed by atoms with Gasteiger partial charge in [-0.25, -0.2) is 0 Å². The van der Waals surface area contributed by atoms with Crippen molar-refractivity contribution in [2.45, 2.75) is 11.2 Å². The van der Waals surface area contributed by atoms with Crippen LogP contribution in [0.3, 0.4) is 0 Å². The Kier molecular flexibility index (Phi) is 5.48. The number of ether oxygens (including phenoxy) is 1. The maximum absolute atomic E-state index is 5.17. The van der Waals surface area contributed by atoms with E-state index in [1.54, 1.807) is 7.11 Å². The van der Waals surface area contributed by atoms with Gasteiger partial charge in [0.15, 0.2) is 0 Å². The van der Waals surface area contributed by atoms with Crippen molar-refractivity contribution in [3.05, 3.63) is 62.5 Å². The molecule has 0 aliphatic carbocycles. The van der Waals surface area contributed by atoms with E-state index in [-0.39, 0.29) is 4.83 Å². The fourth-order valence-corrected chi connectivity index (χ4v) is 4.24. The maximum atomic E-state index is 5.17. The van der Waals surface area contributed by atoms with Crippen LogP contribution in [0.2, 0.25) is 0 Å². The fraction of sp³-hybridized carbons (Fsp3) is 0.200. The van der Waals surface area contributed by atoms with E-state index in [1.807, 2.05) is 12.1 Å². The second kappa shape index (κ2) is 6.91. The van der Waals surface area contributed by atoms with Gasteiger partial charge in [-0.1, -0.05) is 66.0 Å². The van der Waals surface area contributed by atoms with Crippen molar-refractivity contribution in [2.75, 3.05) is 7.11 Å². The number of halogens is 3. The van der Waals surface area contributed by atoms with Crippen LogP contribution < -0.4 is 4.74 Å². The van der Waals surface area contributed by atoms with E-state index in [2.05, 4.69) is 78.1 Å². The van der Waals surface area contributed by atoms with Crippen LogP contribution in [0.1, 0.15) is 16.0 Å². The number of rotatable bonds is 4. The predicted molar refractivity (Wildman–Crippen MR) is 90.2 cm³/mol. The Morgan fingerprint density at radius 3 is 2.32 bits per heavy atom. The quantitative estimate of drug-likeness (QED) is 0.529. The molecule has 0 heterocycles. The molecule has 0 spiro atoms. The molecule has 0 aromatic heterocycles. The molecule has 0 bridgehead atoms. The molecule has 0 amide bonds. The summed E-state index contributed by atoms with van der Waals surface area (Å²) in [4.78, 5) is 0.281. The van der Waals surface area contributed by atoms with Crippen molar-refractivity contribution in [1.82, 2.24) is 0 Å². The highest BCUT2D eigenvalue weighted by atomic mass is 79.9. The molecule has 2 rings (SSSR count). The molecule has 0 radical (unpaired) electrons. The van der Waals surface area contributed by atoms with E-state index in [1.165, 1.54) is 11.1 Å². The third kappa shape index (κ3) is 4.07. The first-order chi connectivity index (χ1) is 9.10. The third-order valence-corrected chi connectivity index (χ3v) is 4.87. The molecular formula is C15H13Br3O. The summed E-state index contributed by atoms with van der Waals surface area (Å²) in [5.74, 6) is 0.889. The first kappa shape index (κ1) is 15.1. The smallest absolute Gasteiger partial charge is 0.118 e. The van der Waals surface area contributed by atoms with Gasteiger partial charge in [-0.05, 0) is 41.8 Å². The molecule has 1 atom stereocenters. The lowest BCUT2D eigenvalue weighted by Gasteiger charge is -2.13. The van der Waals surface area contributed by atoms with Crippen molar-refractivity contribution < 1.29 is 4.74 Å². The average molecular weight is 449 g/mol. The summed E-state index contributed by atoms with van der Waals surface area (Å²) >= 11 is 10.8. The first-order valence-corrected chi connectivity index (χ1v) is 8.32. The summed E-state index contributed by atoms with van der Waals surface area (Å²) in [6, 6.07) is 14.4. The number of methoxy groups -OCH3 is 1. The van der Waals surface area contributed by atoms with Crippen LogP contribution in [0.25, 0.3) is 0 Å². The lowest BCUT2D eigenvalue weighted by Crippen LogP contribution is -1.96. The first-order valence-electron chi connectivity index (χ1n) is 5.82. The SMILES string of the molecule is COc1ccc(CC(Br)c2ccc(Br)cc2Br)cc1. The highest BCUT2D eigenvalue weighted by Gasteiger charge is 2.12. The van der Waals surface area contributed by atoms with Gasteiger partial charge < -0.3 is 4.74 Å². The van der Waals surface area contributed by atoms with Crippen molar-refractivity contribution in [2.24, 2.45) is 0 Å². The molecular weight excluding hydrogens is 436 g/mol. The summed E-state index contributed by atoms with van der Waals surface area (Å²) in [6.07, 6.45) is 0.935. The van der Waals surface area contributed by atoms with Gasteiger partial charge >= 0.3 is 0 Å². The second-order valence-corrected chi connectivity index (χ2v) is 7.06. The zero-order valence-electron chi connectivity index (χ0n) is 10.4. The molecule has 0 saturated carbocycles. The van der Waals surface area contributed by atoms with Gasteiger partial charge in [-0.15, -0.1) is 0 Å². The molecule has 0 fully saturated rings. The molecule has 0 aliphatic heterocycles. The van der Waals surface area contributed by atoms with Crippen molar-refractivity contribution in [3.8, 4) is 5.75 Å². The van der Waals surface area contributed by atoms with E-state index >= 15 is 0 Å². The maximum Gasteiger partial charge on any atom is 0.118 e. The standard InChI is InChI=1S/C15H13Br3O/c1-19-12-5-2-10(3-6-12)8-14(17)13-7-4-11(16)9-15(13)18/h2-7,9,14H,8H2,1H3. The molecule has 4 heteroatoms. The summed E-state index contributed by atoms with van der Waals surface area (Å²) in [6.45, 7) is 0. The number of benzene rings is 2. The molecule has 2 aromatic carbocycles. The Morgan fingerprint density at radius 2 is 1.74 bits per heavy atom. The van der Waals surface area contributed by atoms with Gasteiger partial charge in [0.05, 0.1) is 7.11 Å². The van der Waals surface area contributed by atoms with E-state index in [0.717, 1.165) is 21.1 Å². The van der Waals surface area contributed by atoms with E-state index in [9.17, 15) is 0 Å². The van der Waals surface area contributed by atoms with E-state index in [4.69, 9.17) is 4.74 Å². The van der Waals surface area contributed by atoms with Gasteiger partial charge in [0.25, 0.3) is 0 Å². The van der Waals surface area contributed by atoms with Crippen LogP contribution in [0.5, 0.6) is 5.75 Å². The van der Waals surface area contributed by atoms with Gasteiger partial charge in [0.1, 0.15) is 5.75 Å². The number of hydrogen-bond donors (Lipinski definition) is 0. The zero-order valence-corrected chi connectivity index (χ0v) is 15.1. The molecule has 1 nitrogen and oxygen atoms in total. The molecule has 0 saturated heterocycles. The Balaban J connectivity index is 2.13. The Bertz CT molecular complexity index is 552. The molecule has 0 N–H and O–H groups in total. The van der Waals surface area contributed by atoms with Gasteiger partial charge in [0, 0.05) is 13.8 Å². The largest absolute Gasteiger partial charge is 0.497 e. The van der Waals surface area contributed by atoms with Crippen LogP contribution in [-0.2, 0) is 6.42 Å². The van der Waals surface area contributed by atoms with Crippen LogP contribution in [0.15, 0.2) is 51.4 Å². The Hall–Kier alpha value is -0.320. The fourth-order valence-electron chi connectivity index (χ4n) is 1.83. The summed E-state index contributed by atoms with van der Waals surface area (Å²) in [7, 11) is 1.68. The lowest BCUT2D eigenvalue weighted by atomic mass is 10.0. The van der Waals surface area contributed by atoms with Crippen LogP contribution in [-0.4, -0.2) is 7.11 Å². The third-order valence-electron chi connectivity index (χ3n) is 2.87. The predicted octanol–water partition coefficient (Wildman–Crippen LogP) is 5.90. The minimum Gasteiger partial charge on any atom is -0.497 e. The molecule has 100 valence electrons. The van der Waals surface area contributed by atoms with Gasteiger partial charge in [0.2, 0.25) is 0 Å². The molecule has 2 aromatic rings. The normalized spacial score (nSPS) is 12.2. The lowest BCUT2D eigenvalue weighted by molar-refractivity contribution is 0.414. The van der Waals surface area contributed by atoms with Crippen molar-refractivity contribution >= 4 is 47.8 Å². The highest BCUT2D eigenvalue weighted by molar-refractivity contribution is 9.11. The van der Waals surface area contributed by atoms with Gasteiger partial charge in [-0.3, -0.25) is 0 Å². The van der Waals surface area contributed by atoms with Crippen LogP contribution in [0.4, 0.5) is 0 Å². The minimum atomic E-state index is 0.281. The highest BCUT2D eigenvalue weighted by Crippen LogP contribution is 2.34. The van der Waals surface area contributed by atoms with Crippen LogP contribution in [0, 0.1) is 0 Å². The van der Waals surface area contributed by atoms with Crippen molar-refractivity contribution in [3.63, 3.8) is 0 Å². The number of alkyl halides is 1. The minimum absolute atomic E-state index is 0.281. The Morgan fingerprint density at radius 1 is 1.05 bits per heavy atom. The van der Waals surface area contributed by atoms with Gasteiger partial charge in [-0.2, -0.15) is 0 Å². The summed E-state index contributed by atoms with van der Waals surface area (Å²) in [5, 5.41) is 0. The topological polar surface area (TPSA) is 9.23 Å². The van der Waals surface area contributed by atoms with E-state index < -0.39 is 0 Å². The molecule has 19 heavy (non-hydrogen) atoms. The molecule has 0 aliphatic rings. The summed E-state index contributed by atoms with van der Waals surface area (Å²) in [5.41, 5.74) is 2.52. The zero-order chi connectivity index (χ0) is 13.8. The monoisotopic (exact) mass is 446 g/mol. The Labute approximate surface area is 138 Å². The van der Waals surface area contributed by atoms with Crippen LogP contribution >= 0.6 is 47.8 Å². The molecule has 1 unspecified atom stereocenters. The average Bonchev–Trinajstić information content (AvgIpc) is 2.39. The summed E-state index contributed by atoms with van der Waals surface area (Å²) < 4.78 is 7.35. The van der Waals surface area contributed by atoms with Crippen molar-refractivity contribution in [1.29, 1.82) is 0 Å². The number of hydrogen-bond acceptors (Lipinski definition) is 1.